The van der Waals surface area contributed by atoms with Gasteiger partial charge < -0.3 is 14.4 Å². The summed E-state index contributed by atoms with van der Waals surface area (Å²) >= 11 is 13.6. The molecule has 0 spiro atoms. The van der Waals surface area contributed by atoms with Crippen molar-refractivity contribution in [2.45, 2.75) is 13.2 Å². The number of carbonyl (C=O) groups is 1. The van der Waals surface area contributed by atoms with E-state index in [0.29, 0.717) is 41.2 Å². The van der Waals surface area contributed by atoms with Crippen molar-refractivity contribution in [2.75, 3.05) is 33.3 Å². The summed E-state index contributed by atoms with van der Waals surface area (Å²) in [5.41, 5.74) is 2.10. The van der Waals surface area contributed by atoms with Crippen LogP contribution in [0, 0.1) is 0 Å². The maximum Gasteiger partial charge on any atom is 0.264 e. The molecular weight excluding hydrogens is 467 g/mol. The van der Waals surface area contributed by atoms with Crippen LogP contribution in [-0.2, 0) is 13.2 Å². The molecule has 5 nitrogen and oxygen atoms in total. The maximum absolute atomic E-state index is 13.0. The first-order chi connectivity index (χ1) is 15.5. The second-order valence-corrected chi connectivity index (χ2v) is 9.30. The van der Waals surface area contributed by atoms with Crippen LogP contribution in [0.4, 0.5) is 0 Å². The summed E-state index contributed by atoms with van der Waals surface area (Å²) in [7, 11) is 1.62. The molecule has 1 aliphatic rings. The van der Waals surface area contributed by atoms with Crippen LogP contribution in [0.1, 0.15) is 20.8 Å². The Kier molecular flexibility index (Phi) is 7.58. The second kappa shape index (κ2) is 10.6. The Balaban J connectivity index is 1.29. The van der Waals surface area contributed by atoms with E-state index in [0.717, 1.165) is 35.6 Å². The van der Waals surface area contributed by atoms with Gasteiger partial charge in [0.05, 0.1) is 22.0 Å². The first-order valence-corrected chi connectivity index (χ1v) is 12.0. The number of para-hydroxylation sites is 2. The van der Waals surface area contributed by atoms with Gasteiger partial charge in [0.15, 0.2) is 11.5 Å². The molecule has 0 bridgehead atoms. The molecule has 2 aromatic carbocycles. The van der Waals surface area contributed by atoms with Crippen LogP contribution in [0.25, 0.3) is 0 Å². The summed E-state index contributed by atoms with van der Waals surface area (Å²) in [4.78, 5) is 17.9. The molecule has 1 aromatic heterocycles. The molecule has 1 fully saturated rings. The molecule has 0 unspecified atom stereocenters. The number of piperazine rings is 1. The lowest BCUT2D eigenvalue weighted by atomic mass is 10.2. The van der Waals surface area contributed by atoms with Crippen LogP contribution in [0.5, 0.6) is 11.5 Å². The Hall–Kier alpha value is -2.25. The minimum atomic E-state index is 0.0766. The van der Waals surface area contributed by atoms with Crippen molar-refractivity contribution in [3.63, 3.8) is 0 Å². The normalized spacial score (nSPS) is 14.4. The molecule has 8 heteroatoms. The van der Waals surface area contributed by atoms with E-state index in [1.54, 1.807) is 7.11 Å². The molecule has 1 aliphatic heterocycles. The van der Waals surface area contributed by atoms with Crippen LogP contribution in [0.3, 0.4) is 0 Å². The van der Waals surface area contributed by atoms with Gasteiger partial charge in [-0.3, -0.25) is 9.69 Å². The first-order valence-electron chi connectivity index (χ1n) is 10.3. The number of rotatable bonds is 7. The van der Waals surface area contributed by atoms with Crippen molar-refractivity contribution < 1.29 is 14.3 Å². The Morgan fingerprint density at radius 2 is 1.72 bits per heavy atom. The number of hydrogen-bond donors (Lipinski definition) is 0. The lowest BCUT2D eigenvalue weighted by Gasteiger charge is -2.34. The Morgan fingerprint density at radius 3 is 2.44 bits per heavy atom. The molecule has 0 atom stereocenters. The molecule has 2 heterocycles. The third-order valence-electron chi connectivity index (χ3n) is 5.38. The number of methoxy groups -OCH3 is 1. The first kappa shape index (κ1) is 22.9. The van der Waals surface area contributed by atoms with Gasteiger partial charge in [-0.1, -0.05) is 41.4 Å². The average Bonchev–Trinajstić information content (AvgIpc) is 3.29. The minimum absolute atomic E-state index is 0.0766. The zero-order chi connectivity index (χ0) is 22.5. The predicted molar refractivity (Wildman–Crippen MR) is 129 cm³/mol. The fourth-order valence-corrected chi connectivity index (χ4v) is 4.81. The number of halogens is 2. The molecule has 4 rings (SSSR count). The quantitative estimate of drug-likeness (QED) is 0.432. The summed E-state index contributed by atoms with van der Waals surface area (Å²) in [6, 6.07) is 15.2. The molecule has 1 amide bonds. The zero-order valence-electron chi connectivity index (χ0n) is 17.7. The molecular formula is C24H24Cl2N2O3S. The Bertz CT molecular complexity index is 1080. The zero-order valence-corrected chi connectivity index (χ0v) is 20.1. The fraction of sp³-hybridized carbons (Fsp3) is 0.292. The van der Waals surface area contributed by atoms with Crippen molar-refractivity contribution in [3.05, 3.63) is 80.0 Å². The van der Waals surface area contributed by atoms with Gasteiger partial charge in [0.25, 0.3) is 5.91 Å². The Morgan fingerprint density at radius 1 is 0.969 bits per heavy atom. The molecule has 32 heavy (non-hydrogen) atoms. The second-order valence-electron chi connectivity index (χ2n) is 7.58. The molecule has 0 N–H and O–H groups in total. The van der Waals surface area contributed by atoms with Gasteiger partial charge in [-0.2, -0.15) is 0 Å². The van der Waals surface area contributed by atoms with Gasteiger partial charge in [-0.25, -0.2) is 0 Å². The van der Waals surface area contributed by atoms with Crippen molar-refractivity contribution in [3.8, 4) is 11.5 Å². The summed E-state index contributed by atoms with van der Waals surface area (Å²) in [5, 5.41) is 3.11. The lowest BCUT2D eigenvalue weighted by molar-refractivity contribution is 0.0633. The van der Waals surface area contributed by atoms with Gasteiger partial charge in [0.1, 0.15) is 6.61 Å². The molecule has 0 aliphatic carbocycles. The number of nitrogens with zero attached hydrogens (tertiary/aromatic N) is 2. The summed E-state index contributed by atoms with van der Waals surface area (Å²) in [6.07, 6.45) is 0. The number of thiophene rings is 1. The molecule has 1 saturated heterocycles. The number of benzene rings is 2. The van der Waals surface area contributed by atoms with E-state index >= 15 is 0 Å². The van der Waals surface area contributed by atoms with Crippen LogP contribution in [0.15, 0.2) is 53.9 Å². The largest absolute Gasteiger partial charge is 0.493 e. The van der Waals surface area contributed by atoms with E-state index in [2.05, 4.69) is 4.90 Å². The SMILES string of the molecule is COc1ccccc1OCc1csc(C(=O)N2CCN(Cc3ccc(Cl)c(Cl)c3)CC2)c1. The van der Waals surface area contributed by atoms with Crippen molar-refractivity contribution in [1.82, 2.24) is 9.80 Å². The average molecular weight is 491 g/mol. The summed E-state index contributed by atoms with van der Waals surface area (Å²) in [5.74, 6) is 1.46. The van der Waals surface area contributed by atoms with E-state index in [4.69, 9.17) is 32.7 Å². The van der Waals surface area contributed by atoms with Crippen molar-refractivity contribution >= 4 is 40.4 Å². The molecule has 0 saturated carbocycles. The predicted octanol–water partition coefficient (Wildman–Crippen LogP) is 5.60. The van der Waals surface area contributed by atoms with E-state index < -0.39 is 0 Å². The van der Waals surface area contributed by atoms with E-state index in [-0.39, 0.29) is 5.91 Å². The highest BCUT2D eigenvalue weighted by molar-refractivity contribution is 7.12. The van der Waals surface area contributed by atoms with Crippen LogP contribution >= 0.6 is 34.5 Å². The third-order valence-corrected chi connectivity index (χ3v) is 7.08. The third kappa shape index (κ3) is 5.56. The topological polar surface area (TPSA) is 42.0 Å². The van der Waals surface area contributed by atoms with Crippen LogP contribution in [-0.4, -0.2) is 49.0 Å². The number of ether oxygens (including phenoxy) is 2. The van der Waals surface area contributed by atoms with Crippen molar-refractivity contribution in [1.29, 1.82) is 0 Å². The maximum atomic E-state index is 13.0. The van der Waals surface area contributed by atoms with E-state index in [1.807, 2.05) is 58.8 Å². The highest BCUT2D eigenvalue weighted by Gasteiger charge is 2.23. The number of hydrogen-bond acceptors (Lipinski definition) is 5. The van der Waals surface area contributed by atoms with E-state index in [9.17, 15) is 4.79 Å². The standard InChI is InChI=1S/C24H24Cl2N2O3S/c1-30-21-4-2-3-5-22(21)31-15-18-13-23(32-16-18)24(29)28-10-8-27(9-11-28)14-17-6-7-19(25)20(26)12-17/h2-7,12-13,16H,8-11,14-15H2,1H3. The molecule has 168 valence electrons. The van der Waals surface area contributed by atoms with E-state index in [1.165, 1.54) is 11.3 Å². The van der Waals surface area contributed by atoms with Gasteiger partial charge in [0.2, 0.25) is 0 Å². The monoisotopic (exact) mass is 490 g/mol. The molecule has 0 radical (unpaired) electrons. The van der Waals surface area contributed by atoms with Gasteiger partial charge in [-0.05, 0) is 41.3 Å². The number of carbonyl (C=O) groups excluding carboxylic acids is 1. The van der Waals surface area contributed by atoms with Crippen molar-refractivity contribution in [2.24, 2.45) is 0 Å². The fourth-order valence-electron chi connectivity index (χ4n) is 3.62. The summed E-state index contributed by atoms with van der Waals surface area (Å²) in [6.45, 7) is 4.22. The smallest absolute Gasteiger partial charge is 0.264 e. The van der Waals surface area contributed by atoms with Crippen LogP contribution in [0.2, 0.25) is 10.0 Å². The van der Waals surface area contributed by atoms with Gasteiger partial charge in [0, 0.05) is 38.3 Å². The van der Waals surface area contributed by atoms with Gasteiger partial charge >= 0.3 is 0 Å². The lowest BCUT2D eigenvalue weighted by Crippen LogP contribution is -2.48. The summed E-state index contributed by atoms with van der Waals surface area (Å²) < 4.78 is 11.2. The minimum Gasteiger partial charge on any atom is -0.493 e. The van der Waals surface area contributed by atoms with Gasteiger partial charge in [-0.15, -0.1) is 11.3 Å². The number of amides is 1. The van der Waals surface area contributed by atoms with Crippen LogP contribution < -0.4 is 9.47 Å². The molecule has 3 aromatic rings. The highest BCUT2D eigenvalue weighted by atomic mass is 35.5. The Labute approximate surface area is 202 Å². The highest BCUT2D eigenvalue weighted by Crippen LogP contribution is 2.28.